The number of nitrogens with one attached hydrogen (secondary N) is 1. The standard InChI is InChI=1S/C15H15N3/c16-7-5-11-1-3-12(4-2-11)14-9-13-6-8-17-15(13)18-10-14/h1-4,6,8-10H,5,7,16H2,(H,17,18). The third-order valence-electron chi connectivity index (χ3n) is 3.12. The number of rotatable bonds is 3. The molecule has 3 aromatic rings. The van der Waals surface area contributed by atoms with Crippen molar-refractivity contribution >= 4 is 11.0 Å². The van der Waals surface area contributed by atoms with Crippen LogP contribution in [0.25, 0.3) is 22.2 Å². The Bertz CT molecular complexity index is 653. The monoisotopic (exact) mass is 237 g/mol. The quantitative estimate of drug-likeness (QED) is 0.736. The van der Waals surface area contributed by atoms with Crippen molar-refractivity contribution in [2.45, 2.75) is 6.42 Å². The first kappa shape index (κ1) is 11.0. The number of hydrogen-bond donors (Lipinski definition) is 2. The molecule has 0 aliphatic heterocycles. The molecule has 0 amide bonds. The van der Waals surface area contributed by atoms with E-state index in [1.807, 2.05) is 18.5 Å². The predicted molar refractivity (Wildman–Crippen MR) is 74.3 cm³/mol. The maximum atomic E-state index is 5.55. The fourth-order valence-corrected chi connectivity index (χ4v) is 2.13. The van der Waals surface area contributed by atoms with E-state index < -0.39 is 0 Å². The molecule has 0 spiro atoms. The lowest BCUT2D eigenvalue weighted by Crippen LogP contribution is -2.02. The van der Waals surface area contributed by atoms with Crippen LogP contribution in [0.1, 0.15) is 5.56 Å². The van der Waals surface area contributed by atoms with Crippen molar-refractivity contribution in [3.8, 4) is 11.1 Å². The van der Waals surface area contributed by atoms with Crippen LogP contribution in [0.5, 0.6) is 0 Å². The Hall–Kier alpha value is -2.13. The van der Waals surface area contributed by atoms with Crippen LogP contribution in [0.15, 0.2) is 48.8 Å². The largest absolute Gasteiger partial charge is 0.346 e. The van der Waals surface area contributed by atoms with Crippen LogP contribution >= 0.6 is 0 Å². The van der Waals surface area contributed by atoms with Crippen molar-refractivity contribution < 1.29 is 0 Å². The molecule has 0 radical (unpaired) electrons. The van der Waals surface area contributed by atoms with Gasteiger partial charge >= 0.3 is 0 Å². The lowest BCUT2D eigenvalue weighted by Gasteiger charge is -2.03. The Labute approximate surface area is 106 Å². The minimum Gasteiger partial charge on any atom is -0.346 e. The lowest BCUT2D eigenvalue weighted by molar-refractivity contribution is 0.969. The second-order valence-corrected chi connectivity index (χ2v) is 4.38. The van der Waals surface area contributed by atoms with Gasteiger partial charge in [0, 0.05) is 23.3 Å². The van der Waals surface area contributed by atoms with E-state index in [9.17, 15) is 0 Å². The normalized spacial score (nSPS) is 10.9. The van der Waals surface area contributed by atoms with Gasteiger partial charge in [0.2, 0.25) is 0 Å². The average molecular weight is 237 g/mol. The summed E-state index contributed by atoms with van der Waals surface area (Å²) in [6.45, 7) is 0.691. The molecule has 3 rings (SSSR count). The first-order chi connectivity index (χ1) is 8.86. The van der Waals surface area contributed by atoms with E-state index in [2.05, 4.69) is 40.3 Å². The number of H-pyrrole nitrogens is 1. The Morgan fingerprint density at radius 1 is 1.06 bits per heavy atom. The summed E-state index contributed by atoms with van der Waals surface area (Å²) in [4.78, 5) is 7.50. The molecule has 0 atom stereocenters. The van der Waals surface area contributed by atoms with Crippen LogP contribution < -0.4 is 5.73 Å². The molecule has 0 saturated heterocycles. The van der Waals surface area contributed by atoms with Crippen LogP contribution in [0.3, 0.4) is 0 Å². The molecule has 18 heavy (non-hydrogen) atoms. The van der Waals surface area contributed by atoms with Gasteiger partial charge in [-0.2, -0.15) is 0 Å². The summed E-state index contributed by atoms with van der Waals surface area (Å²) in [5.74, 6) is 0. The fraction of sp³-hybridized carbons (Fsp3) is 0.133. The topological polar surface area (TPSA) is 54.7 Å². The molecule has 2 heterocycles. The van der Waals surface area contributed by atoms with Gasteiger partial charge in [0.05, 0.1) is 0 Å². The smallest absolute Gasteiger partial charge is 0.137 e. The third-order valence-corrected chi connectivity index (χ3v) is 3.12. The van der Waals surface area contributed by atoms with Gasteiger partial charge in [0.1, 0.15) is 5.65 Å². The van der Waals surface area contributed by atoms with E-state index in [-0.39, 0.29) is 0 Å². The SMILES string of the molecule is NCCc1ccc(-c2cnc3[nH]ccc3c2)cc1. The summed E-state index contributed by atoms with van der Waals surface area (Å²) in [5.41, 5.74) is 10.1. The minimum absolute atomic E-state index is 0.691. The highest BCUT2D eigenvalue weighted by molar-refractivity contribution is 5.81. The summed E-state index contributed by atoms with van der Waals surface area (Å²) in [7, 11) is 0. The first-order valence-corrected chi connectivity index (χ1v) is 6.09. The van der Waals surface area contributed by atoms with E-state index in [4.69, 9.17) is 5.73 Å². The molecule has 3 heteroatoms. The van der Waals surface area contributed by atoms with Crippen LogP contribution in [0, 0.1) is 0 Å². The number of aromatic nitrogens is 2. The van der Waals surface area contributed by atoms with Crippen molar-refractivity contribution in [1.29, 1.82) is 0 Å². The van der Waals surface area contributed by atoms with E-state index in [0.717, 1.165) is 23.0 Å². The van der Waals surface area contributed by atoms with Gasteiger partial charge in [-0.05, 0) is 36.2 Å². The zero-order valence-electron chi connectivity index (χ0n) is 10.1. The summed E-state index contributed by atoms with van der Waals surface area (Å²) >= 11 is 0. The highest BCUT2D eigenvalue weighted by Gasteiger charge is 2.01. The molecule has 2 aromatic heterocycles. The predicted octanol–water partition coefficient (Wildman–Crippen LogP) is 2.73. The van der Waals surface area contributed by atoms with Crippen LogP contribution in [0.2, 0.25) is 0 Å². The third kappa shape index (κ3) is 2.00. The summed E-state index contributed by atoms with van der Waals surface area (Å²) in [5, 5.41) is 1.14. The molecule has 0 aliphatic carbocycles. The Morgan fingerprint density at radius 3 is 2.67 bits per heavy atom. The molecule has 0 unspecified atom stereocenters. The maximum Gasteiger partial charge on any atom is 0.137 e. The number of nitrogens with zero attached hydrogens (tertiary/aromatic N) is 1. The van der Waals surface area contributed by atoms with Gasteiger partial charge in [0.15, 0.2) is 0 Å². The van der Waals surface area contributed by atoms with Crippen molar-refractivity contribution in [3.63, 3.8) is 0 Å². The summed E-state index contributed by atoms with van der Waals surface area (Å²) in [6, 6.07) is 12.7. The average Bonchev–Trinajstić information content (AvgIpc) is 2.87. The number of aromatic amines is 1. The Morgan fingerprint density at radius 2 is 1.89 bits per heavy atom. The molecule has 0 fully saturated rings. The molecular weight excluding hydrogens is 222 g/mol. The maximum absolute atomic E-state index is 5.55. The molecule has 0 aliphatic rings. The van der Waals surface area contributed by atoms with E-state index in [1.165, 1.54) is 11.1 Å². The van der Waals surface area contributed by atoms with Gasteiger partial charge < -0.3 is 10.7 Å². The molecule has 3 N–H and O–H groups in total. The molecule has 0 saturated carbocycles. The van der Waals surface area contributed by atoms with E-state index in [1.54, 1.807) is 0 Å². The Kier molecular flexibility index (Phi) is 2.82. The number of nitrogens with two attached hydrogens (primary N) is 1. The van der Waals surface area contributed by atoms with Gasteiger partial charge in [0.25, 0.3) is 0 Å². The van der Waals surface area contributed by atoms with Crippen molar-refractivity contribution in [2.24, 2.45) is 5.73 Å². The van der Waals surface area contributed by atoms with E-state index in [0.29, 0.717) is 6.54 Å². The Balaban J connectivity index is 1.97. The van der Waals surface area contributed by atoms with Crippen LogP contribution in [-0.2, 0) is 6.42 Å². The van der Waals surface area contributed by atoms with Gasteiger partial charge in [-0.1, -0.05) is 24.3 Å². The second-order valence-electron chi connectivity index (χ2n) is 4.38. The van der Waals surface area contributed by atoms with Crippen LogP contribution in [0.4, 0.5) is 0 Å². The molecule has 0 bridgehead atoms. The van der Waals surface area contributed by atoms with Crippen LogP contribution in [-0.4, -0.2) is 16.5 Å². The number of pyridine rings is 1. The minimum atomic E-state index is 0.691. The fourth-order valence-electron chi connectivity index (χ4n) is 2.13. The second kappa shape index (κ2) is 4.63. The van der Waals surface area contributed by atoms with Gasteiger partial charge in [-0.15, -0.1) is 0 Å². The van der Waals surface area contributed by atoms with Gasteiger partial charge in [-0.3, -0.25) is 0 Å². The zero-order valence-corrected chi connectivity index (χ0v) is 10.1. The molecular formula is C15H15N3. The number of fused-ring (bicyclic) bond motifs is 1. The zero-order chi connectivity index (χ0) is 12.4. The number of hydrogen-bond acceptors (Lipinski definition) is 2. The van der Waals surface area contributed by atoms with Gasteiger partial charge in [-0.25, -0.2) is 4.98 Å². The highest BCUT2D eigenvalue weighted by atomic mass is 14.8. The highest BCUT2D eigenvalue weighted by Crippen LogP contribution is 2.22. The first-order valence-electron chi connectivity index (χ1n) is 6.09. The summed E-state index contributed by atoms with van der Waals surface area (Å²) < 4.78 is 0. The van der Waals surface area contributed by atoms with Crippen molar-refractivity contribution in [3.05, 3.63) is 54.4 Å². The lowest BCUT2D eigenvalue weighted by atomic mass is 10.0. The molecule has 3 nitrogen and oxygen atoms in total. The van der Waals surface area contributed by atoms with Crippen molar-refractivity contribution in [1.82, 2.24) is 9.97 Å². The molecule has 90 valence electrons. The molecule has 1 aromatic carbocycles. The van der Waals surface area contributed by atoms with Crippen molar-refractivity contribution in [2.75, 3.05) is 6.54 Å². The summed E-state index contributed by atoms with van der Waals surface area (Å²) in [6.07, 6.45) is 4.73. The number of benzene rings is 1. The van der Waals surface area contributed by atoms with E-state index >= 15 is 0 Å².